The van der Waals surface area contributed by atoms with Gasteiger partial charge in [0.25, 0.3) is 0 Å². The molecule has 1 fully saturated rings. The van der Waals surface area contributed by atoms with Crippen molar-refractivity contribution in [3.63, 3.8) is 0 Å². The van der Waals surface area contributed by atoms with E-state index >= 15 is 0 Å². The second-order valence-corrected chi connectivity index (χ2v) is 5.89. The van der Waals surface area contributed by atoms with Crippen LogP contribution >= 0.6 is 11.3 Å². The monoisotopic (exact) mass is 268 g/mol. The highest BCUT2D eigenvalue weighted by Crippen LogP contribution is 2.18. The summed E-state index contributed by atoms with van der Waals surface area (Å²) in [6.07, 6.45) is 5.27. The van der Waals surface area contributed by atoms with Crippen LogP contribution in [0.4, 0.5) is 0 Å². The average Bonchev–Trinajstić information content (AvgIpc) is 2.91. The Morgan fingerprint density at radius 3 is 2.94 bits per heavy atom. The van der Waals surface area contributed by atoms with E-state index in [1.54, 1.807) is 11.3 Å². The summed E-state index contributed by atoms with van der Waals surface area (Å²) in [5.41, 5.74) is 5.91. The van der Waals surface area contributed by atoms with E-state index in [0.717, 1.165) is 45.4 Å². The third-order valence-corrected chi connectivity index (χ3v) is 4.50. The van der Waals surface area contributed by atoms with Crippen molar-refractivity contribution in [1.29, 1.82) is 0 Å². The van der Waals surface area contributed by atoms with Crippen molar-refractivity contribution < 1.29 is 0 Å². The van der Waals surface area contributed by atoms with Crippen molar-refractivity contribution in [2.24, 2.45) is 5.73 Å². The lowest BCUT2D eigenvalue weighted by Gasteiger charge is -2.30. The molecule has 1 aromatic rings. The lowest BCUT2D eigenvalue weighted by Crippen LogP contribution is -2.42. The molecule has 1 unspecified atom stereocenters. The molecule has 0 spiro atoms. The van der Waals surface area contributed by atoms with Crippen molar-refractivity contribution in [3.05, 3.63) is 16.6 Å². The molecule has 1 saturated heterocycles. The van der Waals surface area contributed by atoms with Gasteiger partial charge in [-0.05, 0) is 32.4 Å². The Bertz CT molecular complexity index is 320. The first-order valence-electron chi connectivity index (χ1n) is 6.90. The highest BCUT2D eigenvalue weighted by Gasteiger charge is 2.16. The maximum absolute atomic E-state index is 5.91. The maximum Gasteiger partial charge on any atom is 0.109 e. The van der Waals surface area contributed by atoms with Crippen LogP contribution in [0.5, 0.6) is 0 Å². The topological polar surface area (TPSA) is 54.2 Å². The van der Waals surface area contributed by atoms with E-state index < -0.39 is 0 Å². The second-order valence-electron chi connectivity index (χ2n) is 4.96. The van der Waals surface area contributed by atoms with Gasteiger partial charge in [-0.15, -0.1) is 11.3 Å². The minimum absolute atomic E-state index is 0.414. The average molecular weight is 268 g/mol. The highest BCUT2D eigenvalue weighted by molar-refractivity contribution is 7.09. The Hall–Kier alpha value is -0.490. The van der Waals surface area contributed by atoms with Crippen molar-refractivity contribution >= 4 is 11.3 Å². The largest absolute Gasteiger partial charge is 0.328 e. The van der Waals surface area contributed by atoms with Crippen molar-refractivity contribution in [2.75, 3.05) is 26.2 Å². The van der Waals surface area contributed by atoms with Crippen LogP contribution in [-0.4, -0.2) is 42.1 Å². The molecule has 1 atom stereocenters. The first kappa shape index (κ1) is 13.9. The zero-order valence-electron chi connectivity index (χ0n) is 11.1. The van der Waals surface area contributed by atoms with Crippen molar-refractivity contribution in [1.82, 2.24) is 15.2 Å². The number of nitrogens with zero attached hydrogens (tertiary/aromatic N) is 2. The highest BCUT2D eigenvalue weighted by atomic mass is 32.1. The zero-order valence-corrected chi connectivity index (χ0v) is 12.0. The van der Waals surface area contributed by atoms with Gasteiger partial charge in [0, 0.05) is 30.7 Å². The third kappa shape index (κ3) is 4.02. The molecule has 3 N–H and O–H groups in total. The van der Waals surface area contributed by atoms with Gasteiger partial charge in [-0.2, -0.15) is 0 Å². The molecule has 102 valence electrons. The third-order valence-electron chi connectivity index (χ3n) is 3.61. The normalized spacial score (nSPS) is 20.1. The first-order valence-corrected chi connectivity index (χ1v) is 7.78. The molecule has 0 bridgehead atoms. The summed E-state index contributed by atoms with van der Waals surface area (Å²) in [4.78, 5) is 6.89. The molecule has 5 heteroatoms. The van der Waals surface area contributed by atoms with Gasteiger partial charge >= 0.3 is 0 Å². The van der Waals surface area contributed by atoms with Crippen LogP contribution in [0.3, 0.4) is 0 Å². The van der Waals surface area contributed by atoms with E-state index in [2.05, 4.69) is 22.1 Å². The van der Waals surface area contributed by atoms with Crippen molar-refractivity contribution in [3.8, 4) is 0 Å². The molecule has 0 amide bonds. The maximum atomic E-state index is 5.91. The van der Waals surface area contributed by atoms with Crippen LogP contribution in [0.2, 0.25) is 0 Å². The van der Waals surface area contributed by atoms with Gasteiger partial charge in [-0.3, -0.25) is 0 Å². The standard InChI is InChI=1S/C13H24N4S/c1-2-12(13-16-6-10-18-13)15-5-9-17-7-3-11(14)4-8-17/h6,10-12,15H,2-5,7-9,14H2,1H3. The van der Waals surface area contributed by atoms with Crippen molar-refractivity contribution in [2.45, 2.75) is 38.3 Å². The van der Waals surface area contributed by atoms with Crippen LogP contribution in [0.25, 0.3) is 0 Å². The number of hydrogen-bond acceptors (Lipinski definition) is 5. The minimum atomic E-state index is 0.414. The van der Waals surface area contributed by atoms with E-state index in [1.807, 2.05) is 11.6 Å². The van der Waals surface area contributed by atoms with Gasteiger partial charge in [-0.25, -0.2) is 4.98 Å². The summed E-state index contributed by atoms with van der Waals surface area (Å²) in [5.74, 6) is 0. The second kappa shape index (κ2) is 7.19. The minimum Gasteiger partial charge on any atom is -0.328 e. The fraction of sp³-hybridized carbons (Fsp3) is 0.769. The van der Waals surface area contributed by atoms with Gasteiger partial charge in [-0.1, -0.05) is 6.92 Å². The Labute approximate surface area is 114 Å². The molecule has 1 aliphatic rings. The van der Waals surface area contributed by atoms with Gasteiger partial charge < -0.3 is 16.0 Å². The number of nitrogens with one attached hydrogen (secondary N) is 1. The fourth-order valence-electron chi connectivity index (χ4n) is 2.39. The predicted molar refractivity (Wildman–Crippen MR) is 76.8 cm³/mol. The van der Waals surface area contributed by atoms with Gasteiger partial charge in [0.05, 0.1) is 6.04 Å². The van der Waals surface area contributed by atoms with Gasteiger partial charge in [0.15, 0.2) is 0 Å². The molecule has 1 aliphatic heterocycles. The number of aromatic nitrogens is 1. The zero-order chi connectivity index (χ0) is 12.8. The number of nitrogens with two attached hydrogens (primary N) is 1. The Kier molecular flexibility index (Phi) is 5.56. The van der Waals surface area contributed by atoms with Crippen LogP contribution in [0.1, 0.15) is 37.2 Å². The van der Waals surface area contributed by atoms with E-state index in [9.17, 15) is 0 Å². The van der Waals surface area contributed by atoms with Crippen LogP contribution in [0, 0.1) is 0 Å². The predicted octanol–water partition coefficient (Wildman–Crippen LogP) is 1.61. The smallest absolute Gasteiger partial charge is 0.109 e. The summed E-state index contributed by atoms with van der Waals surface area (Å²) in [5, 5.41) is 6.86. The molecule has 4 nitrogen and oxygen atoms in total. The van der Waals surface area contributed by atoms with Crippen LogP contribution in [-0.2, 0) is 0 Å². The number of piperidine rings is 1. The Balaban J connectivity index is 1.68. The molecule has 1 aromatic heterocycles. The lowest BCUT2D eigenvalue weighted by molar-refractivity contribution is 0.211. The molecular formula is C13H24N4S. The number of rotatable bonds is 6. The molecule has 0 aromatic carbocycles. The number of thiazole rings is 1. The van der Waals surface area contributed by atoms with E-state index in [4.69, 9.17) is 5.73 Å². The number of likely N-dealkylation sites (tertiary alicyclic amines) is 1. The molecule has 0 radical (unpaired) electrons. The summed E-state index contributed by atoms with van der Waals surface area (Å²) < 4.78 is 0. The summed E-state index contributed by atoms with van der Waals surface area (Å²) >= 11 is 1.74. The van der Waals surface area contributed by atoms with E-state index in [0.29, 0.717) is 12.1 Å². The van der Waals surface area contributed by atoms with E-state index in [-0.39, 0.29) is 0 Å². The SMILES string of the molecule is CCC(NCCN1CCC(N)CC1)c1nccs1. The van der Waals surface area contributed by atoms with Gasteiger partial charge in [0.2, 0.25) is 0 Å². The Morgan fingerprint density at radius 2 is 2.33 bits per heavy atom. The molecule has 0 aliphatic carbocycles. The molecule has 0 saturated carbocycles. The summed E-state index contributed by atoms with van der Waals surface area (Å²) in [6.45, 7) is 6.66. The molecule has 18 heavy (non-hydrogen) atoms. The van der Waals surface area contributed by atoms with Gasteiger partial charge in [0.1, 0.15) is 5.01 Å². The van der Waals surface area contributed by atoms with Crippen LogP contribution in [0.15, 0.2) is 11.6 Å². The van der Waals surface area contributed by atoms with Crippen LogP contribution < -0.4 is 11.1 Å². The quantitative estimate of drug-likeness (QED) is 0.823. The lowest BCUT2D eigenvalue weighted by atomic mass is 10.1. The summed E-state index contributed by atoms with van der Waals surface area (Å²) in [6, 6.07) is 0.838. The Morgan fingerprint density at radius 1 is 1.56 bits per heavy atom. The fourth-order valence-corrected chi connectivity index (χ4v) is 3.18. The van der Waals surface area contributed by atoms with E-state index in [1.165, 1.54) is 5.01 Å². The molecule has 2 rings (SSSR count). The summed E-state index contributed by atoms with van der Waals surface area (Å²) in [7, 11) is 0. The first-order chi connectivity index (χ1) is 8.79. The molecular weight excluding hydrogens is 244 g/mol. The molecule has 2 heterocycles. The number of hydrogen-bond donors (Lipinski definition) is 2.